The number of halogens is 1. The van der Waals surface area contributed by atoms with E-state index in [1.807, 2.05) is 24.3 Å². The van der Waals surface area contributed by atoms with Gasteiger partial charge >= 0.3 is 0 Å². The van der Waals surface area contributed by atoms with Crippen molar-refractivity contribution in [1.82, 2.24) is 10.2 Å². The zero-order chi connectivity index (χ0) is 27.0. The van der Waals surface area contributed by atoms with Gasteiger partial charge in [0, 0.05) is 30.0 Å². The van der Waals surface area contributed by atoms with E-state index >= 15 is 0 Å². The van der Waals surface area contributed by atoms with Crippen molar-refractivity contribution >= 4 is 43.5 Å². The molecule has 0 unspecified atom stereocenters. The van der Waals surface area contributed by atoms with E-state index in [2.05, 4.69) is 21.2 Å². The third-order valence-electron chi connectivity index (χ3n) is 6.62. The van der Waals surface area contributed by atoms with Crippen LogP contribution in [0.3, 0.4) is 0 Å². The van der Waals surface area contributed by atoms with Crippen LogP contribution in [-0.4, -0.2) is 57.1 Å². The Morgan fingerprint density at radius 1 is 1.14 bits per heavy atom. The van der Waals surface area contributed by atoms with E-state index < -0.39 is 16.1 Å². The molecule has 2 aromatic carbocycles. The average molecular weight is 595 g/mol. The fraction of sp³-hybridized carbons (Fsp3) is 0.481. The van der Waals surface area contributed by atoms with Gasteiger partial charge in [0.25, 0.3) is 0 Å². The van der Waals surface area contributed by atoms with Crippen molar-refractivity contribution in [2.75, 3.05) is 24.2 Å². The first-order valence-corrected chi connectivity index (χ1v) is 15.2. The number of rotatable bonds is 12. The van der Waals surface area contributed by atoms with Gasteiger partial charge in [-0.3, -0.25) is 13.9 Å². The molecule has 0 spiro atoms. The molecular weight excluding hydrogens is 558 g/mol. The van der Waals surface area contributed by atoms with Crippen molar-refractivity contribution in [3.05, 3.63) is 58.6 Å². The van der Waals surface area contributed by atoms with Crippen molar-refractivity contribution < 1.29 is 22.7 Å². The highest BCUT2D eigenvalue weighted by Gasteiger charge is 2.29. The third kappa shape index (κ3) is 8.20. The third-order valence-corrected chi connectivity index (χ3v) is 8.29. The van der Waals surface area contributed by atoms with Gasteiger partial charge in [0.05, 0.1) is 19.1 Å². The Kier molecular flexibility index (Phi) is 10.4. The van der Waals surface area contributed by atoms with Crippen LogP contribution in [-0.2, 0) is 26.2 Å². The normalized spacial score (nSPS) is 14.7. The van der Waals surface area contributed by atoms with Crippen LogP contribution < -0.4 is 14.4 Å². The summed E-state index contributed by atoms with van der Waals surface area (Å²) < 4.78 is 32.6. The molecule has 1 aliphatic carbocycles. The number of amides is 2. The Balaban J connectivity index is 1.74. The summed E-state index contributed by atoms with van der Waals surface area (Å²) in [5.41, 5.74) is 1.32. The summed E-state index contributed by atoms with van der Waals surface area (Å²) in [5.74, 6) is 0.0669. The molecule has 1 atom stereocenters. The average Bonchev–Trinajstić information content (AvgIpc) is 3.37. The number of sulfonamides is 1. The van der Waals surface area contributed by atoms with Crippen molar-refractivity contribution in [3.63, 3.8) is 0 Å². The number of nitrogens with one attached hydrogen (secondary N) is 1. The van der Waals surface area contributed by atoms with Crippen LogP contribution in [0.2, 0.25) is 0 Å². The Bertz CT molecular complexity index is 1180. The van der Waals surface area contributed by atoms with Gasteiger partial charge in [-0.15, -0.1) is 0 Å². The predicted octanol–water partition coefficient (Wildman–Crippen LogP) is 4.48. The van der Waals surface area contributed by atoms with E-state index in [0.29, 0.717) is 11.4 Å². The van der Waals surface area contributed by atoms with Gasteiger partial charge in [-0.2, -0.15) is 0 Å². The molecule has 0 aliphatic heterocycles. The number of ether oxygens (including phenoxy) is 1. The van der Waals surface area contributed by atoms with Crippen molar-refractivity contribution in [2.45, 2.75) is 64.1 Å². The number of carbonyl (C=O) groups excluding carboxylic acids is 2. The van der Waals surface area contributed by atoms with Gasteiger partial charge < -0.3 is 15.0 Å². The van der Waals surface area contributed by atoms with E-state index in [1.54, 1.807) is 36.1 Å². The Labute approximate surface area is 228 Å². The molecule has 1 N–H and O–H groups in total. The lowest BCUT2D eigenvalue weighted by atomic mass is 10.1. The second kappa shape index (κ2) is 13.3. The van der Waals surface area contributed by atoms with Gasteiger partial charge in [-0.05, 0) is 56.0 Å². The number of hydrogen-bond acceptors (Lipinski definition) is 5. The quantitative estimate of drug-likeness (QED) is 0.391. The number of anilines is 1. The molecule has 0 bridgehead atoms. The van der Waals surface area contributed by atoms with Gasteiger partial charge in [0.2, 0.25) is 21.8 Å². The largest absolute Gasteiger partial charge is 0.495 e. The SMILES string of the molecule is COc1ccccc1N(CCCC(=O)N(Cc1cccc(Br)c1)[C@@H](C)C(=O)NC1CCCC1)S(C)(=O)=O. The van der Waals surface area contributed by atoms with E-state index in [9.17, 15) is 18.0 Å². The molecule has 3 rings (SSSR count). The molecule has 2 aromatic rings. The second-order valence-corrected chi connectivity index (χ2v) is 12.3. The van der Waals surface area contributed by atoms with Crippen LogP contribution in [0, 0.1) is 0 Å². The highest BCUT2D eigenvalue weighted by atomic mass is 79.9. The van der Waals surface area contributed by atoms with Crippen molar-refractivity contribution in [3.8, 4) is 5.75 Å². The lowest BCUT2D eigenvalue weighted by Gasteiger charge is -2.30. The van der Waals surface area contributed by atoms with Gasteiger partial charge in [0.15, 0.2) is 0 Å². The lowest BCUT2D eigenvalue weighted by Crippen LogP contribution is -2.49. The molecule has 10 heteroatoms. The minimum atomic E-state index is -3.61. The van der Waals surface area contributed by atoms with Crippen LogP contribution in [0.25, 0.3) is 0 Å². The lowest BCUT2D eigenvalue weighted by molar-refractivity contribution is -0.141. The summed E-state index contributed by atoms with van der Waals surface area (Å²) in [6.07, 6.45) is 5.64. The van der Waals surface area contributed by atoms with Crippen LogP contribution >= 0.6 is 15.9 Å². The summed E-state index contributed by atoms with van der Waals surface area (Å²) in [6.45, 7) is 2.13. The molecule has 0 radical (unpaired) electrons. The van der Waals surface area contributed by atoms with Crippen LogP contribution in [0.15, 0.2) is 53.0 Å². The fourth-order valence-electron chi connectivity index (χ4n) is 4.62. The summed E-state index contributed by atoms with van der Waals surface area (Å²) in [7, 11) is -2.12. The number of para-hydroxylation sites is 2. The molecule has 0 aromatic heterocycles. The Morgan fingerprint density at radius 3 is 2.49 bits per heavy atom. The monoisotopic (exact) mass is 593 g/mol. The van der Waals surface area contributed by atoms with Crippen molar-refractivity contribution in [2.24, 2.45) is 0 Å². The molecule has 1 aliphatic rings. The first kappa shape index (κ1) is 29.0. The van der Waals surface area contributed by atoms with E-state index in [0.717, 1.165) is 42.0 Å². The first-order chi connectivity index (χ1) is 17.6. The van der Waals surface area contributed by atoms with Crippen LogP contribution in [0.4, 0.5) is 5.69 Å². The molecule has 1 saturated carbocycles. The van der Waals surface area contributed by atoms with Gasteiger partial charge in [-0.1, -0.05) is 53.0 Å². The van der Waals surface area contributed by atoms with Crippen molar-refractivity contribution in [1.29, 1.82) is 0 Å². The molecule has 202 valence electrons. The van der Waals surface area contributed by atoms with E-state index in [1.165, 1.54) is 11.4 Å². The van der Waals surface area contributed by atoms with E-state index in [-0.39, 0.29) is 43.8 Å². The Morgan fingerprint density at radius 2 is 1.84 bits per heavy atom. The van der Waals surface area contributed by atoms with Crippen LogP contribution in [0.5, 0.6) is 5.75 Å². The zero-order valence-electron chi connectivity index (χ0n) is 21.7. The van der Waals surface area contributed by atoms with Gasteiger partial charge in [0.1, 0.15) is 11.8 Å². The molecule has 0 heterocycles. The molecular formula is C27H36BrN3O5S. The summed E-state index contributed by atoms with van der Waals surface area (Å²) in [5, 5.41) is 3.10. The maximum Gasteiger partial charge on any atom is 0.242 e. The number of benzene rings is 2. The minimum Gasteiger partial charge on any atom is -0.495 e. The van der Waals surface area contributed by atoms with Crippen LogP contribution in [0.1, 0.15) is 51.0 Å². The molecule has 37 heavy (non-hydrogen) atoms. The second-order valence-electron chi connectivity index (χ2n) is 9.43. The Hall–Kier alpha value is -2.59. The summed E-state index contributed by atoms with van der Waals surface area (Å²) >= 11 is 3.47. The highest BCUT2D eigenvalue weighted by Crippen LogP contribution is 2.30. The minimum absolute atomic E-state index is 0.0935. The molecule has 1 fully saturated rings. The maximum atomic E-state index is 13.4. The van der Waals surface area contributed by atoms with E-state index in [4.69, 9.17) is 4.74 Å². The highest BCUT2D eigenvalue weighted by molar-refractivity contribution is 9.10. The number of hydrogen-bond donors (Lipinski definition) is 1. The standard InChI is InChI=1S/C27H36BrN3O5S/c1-20(27(33)29-23-12-4-5-13-23)30(19-21-10-8-11-22(28)18-21)26(32)16-9-17-31(37(3,34)35)24-14-6-7-15-25(24)36-2/h6-8,10-11,14-15,18,20,23H,4-5,9,12-13,16-17,19H2,1-3H3,(H,29,33)/t20-/m0/s1. The molecule has 2 amide bonds. The number of methoxy groups -OCH3 is 1. The molecule has 0 saturated heterocycles. The predicted molar refractivity (Wildman–Crippen MR) is 149 cm³/mol. The topological polar surface area (TPSA) is 96.0 Å². The first-order valence-electron chi connectivity index (χ1n) is 12.5. The number of nitrogens with zero attached hydrogens (tertiary/aromatic N) is 2. The maximum absolute atomic E-state index is 13.4. The summed E-state index contributed by atoms with van der Waals surface area (Å²) in [4.78, 5) is 28.1. The number of carbonyl (C=O) groups is 2. The molecule has 8 nitrogen and oxygen atoms in total. The van der Waals surface area contributed by atoms with Gasteiger partial charge in [-0.25, -0.2) is 8.42 Å². The summed E-state index contributed by atoms with van der Waals surface area (Å²) in [6, 6.07) is 14.0. The zero-order valence-corrected chi connectivity index (χ0v) is 24.1. The fourth-order valence-corrected chi connectivity index (χ4v) is 6.04. The smallest absolute Gasteiger partial charge is 0.242 e.